The fourth-order valence-electron chi connectivity index (χ4n) is 4.35. The molecule has 0 unspecified atom stereocenters. The third kappa shape index (κ3) is 4.47. The number of amides is 1. The number of carbonyl (C=O) groups excluding carboxylic acids is 2. The van der Waals surface area contributed by atoms with Crippen molar-refractivity contribution >= 4 is 11.9 Å². The van der Waals surface area contributed by atoms with Gasteiger partial charge in [-0.3, -0.25) is 9.59 Å². The van der Waals surface area contributed by atoms with Crippen molar-refractivity contribution in [2.24, 2.45) is 22.8 Å². The maximum atomic E-state index is 12.7. The summed E-state index contributed by atoms with van der Waals surface area (Å²) in [6.45, 7) is 0.771. The first-order chi connectivity index (χ1) is 13.5. The third-order valence-electron chi connectivity index (χ3n) is 6.14. The van der Waals surface area contributed by atoms with Crippen molar-refractivity contribution in [3.05, 3.63) is 29.8 Å². The van der Waals surface area contributed by atoms with E-state index >= 15 is 0 Å². The van der Waals surface area contributed by atoms with Gasteiger partial charge in [-0.25, -0.2) is 0 Å². The Morgan fingerprint density at radius 3 is 2.75 bits per heavy atom. The Labute approximate surface area is 166 Å². The lowest BCUT2D eigenvalue weighted by atomic mass is 9.92. The quantitative estimate of drug-likeness (QED) is 0.551. The predicted molar refractivity (Wildman–Crippen MR) is 105 cm³/mol. The molecule has 4 atom stereocenters. The average molecular weight is 389 g/mol. The van der Waals surface area contributed by atoms with Gasteiger partial charge in [0.15, 0.2) is 0 Å². The van der Waals surface area contributed by atoms with Gasteiger partial charge in [-0.1, -0.05) is 18.6 Å². The summed E-state index contributed by atoms with van der Waals surface area (Å²) in [5.41, 5.74) is 12.2. The number of carbonyl (C=O) groups is 2. The summed E-state index contributed by atoms with van der Waals surface area (Å²) in [6.07, 6.45) is 4.87. The van der Waals surface area contributed by atoms with E-state index in [1.165, 1.54) is 0 Å². The van der Waals surface area contributed by atoms with Crippen molar-refractivity contribution in [1.82, 2.24) is 5.32 Å². The lowest BCUT2D eigenvalue weighted by molar-refractivity contribution is -0.152. The van der Waals surface area contributed by atoms with Crippen molar-refractivity contribution in [2.75, 3.05) is 13.7 Å². The Bertz CT molecular complexity index is 693. The monoisotopic (exact) mass is 389 g/mol. The van der Waals surface area contributed by atoms with Crippen LogP contribution in [0.25, 0.3) is 0 Å². The molecule has 154 valence electrons. The molecule has 2 saturated carbocycles. The molecule has 1 aromatic rings. The maximum absolute atomic E-state index is 12.7. The zero-order valence-corrected chi connectivity index (χ0v) is 16.5. The number of hydrogen-bond donors (Lipinski definition) is 3. The van der Waals surface area contributed by atoms with E-state index in [-0.39, 0.29) is 35.9 Å². The van der Waals surface area contributed by atoms with Gasteiger partial charge >= 0.3 is 5.97 Å². The molecule has 2 aliphatic rings. The van der Waals surface area contributed by atoms with Crippen molar-refractivity contribution < 1.29 is 19.1 Å². The Morgan fingerprint density at radius 2 is 2.07 bits per heavy atom. The minimum Gasteiger partial charge on any atom is -0.497 e. The minimum absolute atomic E-state index is 0.0185. The van der Waals surface area contributed by atoms with E-state index in [4.69, 9.17) is 20.9 Å². The highest BCUT2D eigenvalue weighted by Crippen LogP contribution is 2.61. The van der Waals surface area contributed by atoms with Crippen LogP contribution in [0.15, 0.2) is 24.3 Å². The van der Waals surface area contributed by atoms with Crippen LogP contribution in [0.3, 0.4) is 0 Å². The predicted octanol–water partition coefficient (Wildman–Crippen LogP) is 1.48. The van der Waals surface area contributed by atoms with E-state index in [1.54, 1.807) is 7.11 Å². The van der Waals surface area contributed by atoms with Gasteiger partial charge in [-0.2, -0.15) is 0 Å². The maximum Gasteiger partial charge on any atom is 0.309 e. The molecule has 7 heteroatoms. The normalized spacial score (nSPS) is 26.7. The van der Waals surface area contributed by atoms with Gasteiger partial charge in [0, 0.05) is 11.5 Å². The van der Waals surface area contributed by atoms with Crippen LogP contribution in [0.5, 0.6) is 5.75 Å². The molecule has 0 aromatic heterocycles. The van der Waals surface area contributed by atoms with E-state index < -0.39 is 6.04 Å². The molecule has 0 heterocycles. The Kier molecular flexibility index (Phi) is 6.57. The van der Waals surface area contributed by atoms with Crippen molar-refractivity contribution in [2.45, 2.75) is 57.2 Å². The molecule has 1 spiro atoms. The van der Waals surface area contributed by atoms with Crippen molar-refractivity contribution in [1.29, 1.82) is 0 Å². The van der Waals surface area contributed by atoms with Gasteiger partial charge in [0.05, 0.1) is 19.1 Å². The summed E-state index contributed by atoms with van der Waals surface area (Å²) >= 11 is 0. The first-order valence-electron chi connectivity index (χ1n) is 10.1. The van der Waals surface area contributed by atoms with E-state index in [2.05, 4.69) is 5.32 Å². The van der Waals surface area contributed by atoms with Crippen LogP contribution in [-0.2, 0) is 20.9 Å². The standard InChI is InChI=1S/C21H31N3O4/c1-27-15-8-6-14(7-9-15)13-28-20(26)16-4-2-10-21(16)12-18(21)24-19(25)17(23)5-3-11-22/h6-9,16-18H,2-5,10-13,22-23H2,1H3,(H,24,25)/t16-,17-,18-,21-/m0/s1. The number of methoxy groups -OCH3 is 1. The van der Waals surface area contributed by atoms with Gasteiger partial charge in [-0.05, 0) is 56.3 Å². The fraction of sp³-hybridized carbons (Fsp3) is 0.619. The van der Waals surface area contributed by atoms with Crippen LogP contribution < -0.4 is 21.5 Å². The number of ether oxygens (including phenoxy) is 2. The number of nitrogens with two attached hydrogens (primary N) is 2. The van der Waals surface area contributed by atoms with Gasteiger partial charge in [0.25, 0.3) is 0 Å². The van der Waals surface area contributed by atoms with Crippen molar-refractivity contribution in [3.8, 4) is 5.75 Å². The minimum atomic E-state index is -0.539. The summed E-state index contributed by atoms with van der Waals surface area (Å²) in [7, 11) is 1.62. The molecular formula is C21H31N3O4. The van der Waals surface area contributed by atoms with Gasteiger partial charge in [0.1, 0.15) is 12.4 Å². The summed E-state index contributed by atoms with van der Waals surface area (Å²) < 4.78 is 10.7. The average Bonchev–Trinajstić information content (AvgIpc) is 3.20. The van der Waals surface area contributed by atoms with E-state index in [9.17, 15) is 9.59 Å². The lowest BCUT2D eigenvalue weighted by Crippen LogP contribution is -2.43. The SMILES string of the molecule is COc1ccc(COC(=O)[C@@H]2CCC[C@]23C[C@@H]3NC(=O)[C@@H](N)CCCN)cc1. The Hall–Kier alpha value is -2.12. The zero-order chi connectivity index (χ0) is 20.1. The fourth-order valence-corrected chi connectivity index (χ4v) is 4.35. The van der Waals surface area contributed by atoms with Crippen LogP contribution in [0.2, 0.25) is 0 Å². The van der Waals surface area contributed by atoms with Crippen LogP contribution >= 0.6 is 0 Å². The molecule has 1 amide bonds. The molecular weight excluding hydrogens is 358 g/mol. The highest BCUT2D eigenvalue weighted by atomic mass is 16.5. The Balaban J connectivity index is 1.51. The second kappa shape index (κ2) is 8.92. The second-order valence-corrected chi connectivity index (χ2v) is 7.94. The van der Waals surface area contributed by atoms with Gasteiger partial charge < -0.3 is 26.3 Å². The van der Waals surface area contributed by atoms with Crippen LogP contribution in [0.1, 0.15) is 44.1 Å². The molecule has 0 saturated heterocycles. The molecule has 1 aromatic carbocycles. The topological polar surface area (TPSA) is 117 Å². The van der Waals surface area contributed by atoms with E-state index in [0.717, 1.165) is 43.4 Å². The summed E-state index contributed by atoms with van der Waals surface area (Å²) in [4.78, 5) is 25.0. The molecule has 2 fully saturated rings. The molecule has 5 N–H and O–H groups in total. The molecule has 28 heavy (non-hydrogen) atoms. The summed E-state index contributed by atoms with van der Waals surface area (Å²) in [6, 6.07) is 6.95. The first-order valence-corrected chi connectivity index (χ1v) is 10.1. The second-order valence-electron chi connectivity index (χ2n) is 7.94. The molecule has 0 bridgehead atoms. The summed E-state index contributed by atoms with van der Waals surface area (Å²) in [5, 5.41) is 3.04. The molecule has 0 aliphatic heterocycles. The van der Waals surface area contributed by atoms with Gasteiger partial charge in [0.2, 0.25) is 5.91 Å². The smallest absolute Gasteiger partial charge is 0.309 e. The van der Waals surface area contributed by atoms with E-state index in [1.807, 2.05) is 24.3 Å². The lowest BCUT2D eigenvalue weighted by Gasteiger charge is -2.20. The number of nitrogens with one attached hydrogen (secondary N) is 1. The van der Waals surface area contributed by atoms with E-state index in [0.29, 0.717) is 13.0 Å². The number of rotatable bonds is 9. The zero-order valence-electron chi connectivity index (χ0n) is 16.5. The summed E-state index contributed by atoms with van der Waals surface area (Å²) in [5.74, 6) is 0.299. The third-order valence-corrected chi connectivity index (χ3v) is 6.14. The molecule has 0 radical (unpaired) electrons. The number of benzene rings is 1. The van der Waals surface area contributed by atoms with Crippen LogP contribution in [0, 0.1) is 11.3 Å². The van der Waals surface area contributed by atoms with Gasteiger partial charge in [-0.15, -0.1) is 0 Å². The van der Waals surface area contributed by atoms with Crippen LogP contribution in [0.4, 0.5) is 0 Å². The largest absolute Gasteiger partial charge is 0.497 e. The highest BCUT2D eigenvalue weighted by molar-refractivity contribution is 5.83. The van der Waals surface area contributed by atoms with Crippen LogP contribution in [-0.4, -0.2) is 37.6 Å². The molecule has 2 aliphatic carbocycles. The molecule has 3 rings (SSSR count). The number of hydrogen-bond acceptors (Lipinski definition) is 6. The van der Waals surface area contributed by atoms with Crippen molar-refractivity contribution in [3.63, 3.8) is 0 Å². The highest BCUT2D eigenvalue weighted by Gasteiger charge is 2.64. The molecule has 7 nitrogen and oxygen atoms in total. The first kappa shape index (κ1) is 20.6. The Morgan fingerprint density at radius 1 is 1.32 bits per heavy atom. The number of esters is 1.